The molecule has 17 heavy (non-hydrogen) atoms. The molecule has 7 nitrogen and oxygen atoms in total. The van der Waals surface area contributed by atoms with Gasteiger partial charge in [-0.1, -0.05) is 0 Å². The van der Waals surface area contributed by atoms with Crippen LogP contribution in [0.15, 0.2) is 6.33 Å². The van der Waals surface area contributed by atoms with Crippen molar-refractivity contribution in [3.05, 3.63) is 6.33 Å². The van der Waals surface area contributed by atoms with E-state index in [9.17, 15) is 4.79 Å². The average Bonchev–Trinajstić information content (AvgIpc) is 2.60. The van der Waals surface area contributed by atoms with Gasteiger partial charge in [-0.05, 0) is 19.3 Å². The second-order valence-electron chi connectivity index (χ2n) is 4.20. The molecular formula is C10H17N5O2. The van der Waals surface area contributed by atoms with E-state index >= 15 is 0 Å². The summed E-state index contributed by atoms with van der Waals surface area (Å²) < 4.78 is 1.42. The van der Waals surface area contributed by atoms with Crippen LogP contribution < -0.4 is 5.73 Å². The summed E-state index contributed by atoms with van der Waals surface area (Å²) in [7, 11) is 0. The fraction of sp³-hybridized carbons (Fsp3) is 0.700. The molecule has 1 aromatic heterocycles. The summed E-state index contributed by atoms with van der Waals surface area (Å²) in [6.45, 7) is 0.496. The molecule has 7 heteroatoms. The topological polar surface area (TPSA) is 97.3 Å². The second kappa shape index (κ2) is 5.13. The largest absolute Gasteiger partial charge is 0.395 e. The minimum Gasteiger partial charge on any atom is -0.395 e. The van der Waals surface area contributed by atoms with E-state index in [1.165, 1.54) is 11.0 Å². The van der Waals surface area contributed by atoms with Crippen LogP contribution in [0.4, 0.5) is 5.95 Å². The standard InChI is InChI=1S/C10H17N5O2/c11-10-12-7-14(13-10)6-9(17)15(4-5-16)8-2-1-3-8/h7-8,16H,1-6H2,(H2,11,13). The van der Waals surface area contributed by atoms with Gasteiger partial charge in [0.05, 0.1) is 6.61 Å². The third-order valence-corrected chi connectivity index (χ3v) is 3.03. The summed E-state index contributed by atoms with van der Waals surface area (Å²) in [4.78, 5) is 17.5. The van der Waals surface area contributed by atoms with Gasteiger partial charge in [-0.2, -0.15) is 0 Å². The maximum Gasteiger partial charge on any atom is 0.244 e. The van der Waals surface area contributed by atoms with Crippen molar-refractivity contribution in [1.82, 2.24) is 19.7 Å². The summed E-state index contributed by atoms with van der Waals surface area (Å²) in [5.74, 6) is 0.115. The first-order valence-corrected chi connectivity index (χ1v) is 5.76. The highest BCUT2D eigenvalue weighted by Gasteiger charge is 2.28. The zero-order valence-electron chi connectivity index (χ0n) is 9.62. The summed E-state index contributed by atoms with van der Waals surface area (Å²) in [6.07, 6.45) is 4.62. The molecule has 3 N–H and O–H groups in total. The molecule has 0 spiro atoms. The van der Waals surface area contributed by atoms with Gasteiger partial charge in [-0.15, -0.1) is 5.10 Å². The number of nitrogens with zero attached hydrogens (tertiary/aromatic N) is 4. The average molecular weight is 239 g/mol. The SMILES string of the molecule is Nc1ncn(CC(=O)N(CCO)C2CCC2)n1. The van der Waals surface area contributed by atoms with Gasteiger partial charge in [-0.3, -0.25) is 4.79 Å². The molecule has 0 radical (unpaired) electrons. The number of nitrogen functional groups attached to an aromatic ring is 1. The van der Waals surface area contributed by atoms with Crippen LogP contribution in [0.1, 0.15) is 19.3 Å². The van der Waals surface area contributed by atoms with Crippen molar-refractivity contribution >= 4 is 11.9 Å². The van der Waals surface area contributed by atoms with Gasteiger partial charge in [0.2, 0.25) is 11.9 Å². The monoisotopic (exact) mass is 239 g/mol. The Kier molecular flexibility index (Phi) is 3.58. The van der Waals surface area contributed by atoms with Crippen LogP contribution in [0.2, 0.25) is 0 Å². The normalized spacial score (nSPS) is 15.6. The summed E-state index contributed by atoms with van der Waals surface area (Å²) >= 11 is 0. The zero-order chi connectivity index (χ0) is 12.3. The number of carbonyl (C=O) groups is 1. The molecular weight excluding hydrogens is 222 g/mol. The lowest BCUT2D eigenvalue weighted by Crippen LogP contribution is -2.47. The molecule has 94 valence electrons. The Morgan fingerprint density at radius 1 is 1.65 bits per heavy atom. The van der Waals surface area contributed by atoms with Gasteiger partial charge >= 0.3 is 0 Å². The predicted octanol–water partition coefficient (Wildman–Crippen LogP) is -0.766. The van der Waals surface area contributed by atoms with Gasteiger partial charge < -0.3 is 15.7 Å². The van der Waals surface area contributed by atoms with Crippen molar-refractivity contribution in [3.8, 4) is 0 Å². The summed E-state index contributed by atoms with van der Waals surface area (Å²) in [5.41, 5.74) is 5.38. The highest BCUT2D eigenvalue weighted by Crippen LogP contribution is 2.24. The first-order chi connectivity index (χ1) is 8.20. The number of aliphatic hydroxyl groups is 1. The third-order valence-electron chi connectivity index (χ3n) is 3.03. The van der Waals surface area contributed by atoms with Crippen LogP contribution in [0, 0.1) is 0 Å². The molecule has 0 aromatic carbocycles. The first kappa shape index (κ1) is 11.8. The van der Waals surface area contributed by atoms with Crippen LogP contribution in [0.3, 0.4) is 0 Å². The lowest BCUT2D eigenvalue weighted by Gasteiger charge is -2.37. The fourth-order valence-corrected chi connectivity index (χ4v) is 1.93. The van der Waals surface area contributed by atoms with Crippen molar-refractivity contribution < 1.29 is 9.90 Å². The molecule has 1 saturated carbocycles. The Bertz CT molecular complexity index is 388. The van der Waals surface area contributed by atoms with E-state index in [4.69, 9.17) is 10.8 Å². The number of aromatic nitrogens is 3. The molecule has 0 saturated heterocycles. The molecule has 2 rings (SSSR count). The van der Waals surface area contributed by atoms with E-state index in [1.807, 2.05) is 0 Å². The van der Waals surface area contributed by atoms with Crippen molar-refractivity contribution in [1.29, 1.82) is 0 Å². The molecule has 1 aromatic rings. The van der Waals surface area contributed by atoms with E-state index in [2.05, 4.69) is 10.1 Å². The van der Waals surface area contributed by atoms with Crippen LogP contribution in [0.25, 0.3) is 0 Å². The van der Waals surface area contributed by atoms with E-state index in [1.54, 1.807) is 4.90 Å². The number of hydrogen-bond donors (Lipinski definition) is 2. The molecule has 1 aliphatic rings. The number of aliphatic hydroxyl groups excluding tert-OH is 1. The Hall–Kier alpha value is -1.63. The minimum absolute atomic E-state index is 0.0122. The quantitative estimate of drug-likeness (QED) is 0.703. The van der Waals surface area contributed by atoms with Gasteiger partial charge in [-0.25, -0.2) is 9.67 Å². The molecule has 1 amide bonds. The fourth-order valence-electron chi connectivity index (χ4n) is 1.93. The van der Waals surface area contributed by atoms with Crippen LogP contribution >= 0.6 is 0 Å². The van der Waals surface area contributed by atoms with Crippen molar-refractivity contribution in [3.63, 3.8) is 0 Å². The summed E-state index contributed by atoms with van der Waals surface area (Å²) in [6, 6.07) is 0.274. The van der Waals surface area contributed by atoms with Crippen molar-refractivity contribution in [2.75, 3.05) is 18.9 Å². The molecule has 1 heterocycles. The van der Waals surface area contributed by atoms with E-state index in [0.29, 0.717) is 6.54 Å². The molecule has 0 bridgehead atoms. The van der Waals surface area contributed by atoms with Crippen LogP contribution in [-0.2, 0) is 11.3 Å². The van der Waals surface area contributed by atoms with Gasteiger partial charge in [0.25, 0.3) is 0 Å². The summed E-state index contributed by atoms with van der Waals surface area (Å²) in [5, 5.41) is 12.8. The third kappa shape index (κ3) is 2.73. The Morgan fingerprint density at radius 2 is 2.41 bits per heavy atom. The highest BCUT2D eigenvalue weighted by molar-refractivity contribution is 5.76. The lowest BCUT2D eigenvalue weighted by atomic mass is 9.91. The Labute approximate surface area is 99.2 Å². The van der Waals surface area contributed by atoms with E-state index in [-0.39, 0.29) is 31.0 Å². The van der Waals surface area contributed by atoms with E-state index in [0.717, 1.165) is 19.3 Å². The Balaban J connectivity index is 1.95. The number of carbonyl (C=O) groups excluding carboxylic acids is 1. The van der Waals surface area contributed by atoms with E-state index < -0.39 is 0 Å². The maximum absolute atomic E-state index is 12.0. The van der Waals surface area contributed by atoms with Gasteiger partial charge in [0.15, 0.2) is 0 Å². The zero-order valence-corrected chi connectivity index (χ0v) is 9.62. The molecule has 1 fully saturated rings. The van der Waals surface area contributed by atoms with Crippen LogP contribution in [-0.4, -0.2) is 49.9 Å². The van der Waals surface area contributed by atoms with Gasteiger partial charge in [0.1, 0.15) is 12.9 Å². The number of amides is 1. The van der Waals surface area contributed by atoms with Gasteiger partial charge in [0, 0.05) is 12.6 Å². The maximum atomic E-state index is 12.0. The second-order valence-corrected chi connectivity index (χ2v) is 4.20. The van der Waals surface area contributed by atoms with Crippen LogP contribution in [0.5, 0.6) is 0 Å². The number of nitrogens with two attached hydrogens (primary N) is 1. The molecule has 1 aliphatic carbocycles. The first-order valence-electron chi connectivity index (χ1n) is 5.76. The van der Waals surface area contributed by atoms with Crippen molar-refractivity contribution in [2.24, 2.45) is 0 Å². The molecule has 0 aliphatic heterocycles. The number of hydrogen-bond acceptors (Lipinski definition) is 5. The molecule has 0 atom stereocenters. The molecule has 0 unspecified atom stereocenters. The number of anilines is 1. The number of rotatable bonds is 5. The Morgan fingerprint density at radius 3 is 2.88 bits per heavy atom. The highest BCUT2D eigenvalue weighted by atomic mass is 16.3. The lowest BCUT2D eigenvalue weighted by molar-refractivity contribution is -0.136. The van der Waals surface area contributed by atoms with Crippen molar-refractivity contribution in [2.45, 2.75) is 31.8 Å². The predicted molar refractivity (Wildman–Crippen MR) is 60.9 cm³/mol. The minimum atomic E-state index is -0.0475. The smallest absolute Gasteiger partial charge is 0.244 e.